The molecule has 4 nitrogen and oxygen atoms in total. The first-order valence-electron chi connectivity index (χ1n) is 7.44. The summed E-state index contributed by atoms with van der Waals surface area (Å²) in [6, 6.07) is 12.1. The zero-order valence-electron chi connectivity index (χ0n) is 13.6. The number of nitrogens with zero attached hydrogens (tertiary/aromatic N) is 1. The van der Waals surface area contributed by atoms with Crippen LogP contribution < -0.4 is 10.6 Å². The molecular weight excluding hydrogens is 274 g/mol. The zero-order chi connectivity index (χ0) is 16.2. The van der Waals surface area contributed by atoms with Crippen LogP contribution in [0.1, 0.15) is 49.7 Å². The molecule has 1 aromatic carbocycles. The van der Waals surface area contributed by atoms with E-state index >= 15 is 0 Å². The third kappa shape index (κ3) is 4.58. The normalized spacial score (nSPS) is 12.5. The highest BCUT2D eigenvalue weighted by molar-refractivity contribution is 5.95. The lowest BCUT2D eigenvalue weighted by Gasteiger charge is -2.21. The topological polar surface area (TPSA) is 54.0 Å². The van der Waals surface area contributed by atoms with Crippen molar-refractivity contribution in [3.8, 4) is 0 Å². The highest BCUT2D eigenvalue weighted by Gasteiger charge is 2.16. The van der Waals surface area contributed by atoms with Crippen molar-refractivity contribution in [1.82, 2.24) is 10.3 Å². The summed E-state index contributed by atoms with van der Waals surface area (Å²) in [5.74, 6) is -0.115. The Hall–Kier alpha value is -2.36. The van der Waals surface area contributed by atoms with Crippen molar-refractivity contribution >= 4 is 11.6 Å². The third-order valence-corrected chi connectivity index (χ3v) is 3.17. The standard InChI is InChI=1S/C18H23N3O/c1-13(14-8-6-5-7-9-14)20-16-10-15(11-19-12-16)17(22)21-18(2,3)4/h5-13,20H,1-4H3,(H,21,22). The van der Waals surface area contributed by atoms with E-state index in [4.69, 9.17) is 0 Å². The Balaban J connectivity index is 2.10. The maximum absolute atomic E-state index is 12.2. The van der Waals surface area contributed by atoms with E-state index in [9.17, 15) is 4.79 Å². The number of aromatic nitrogens is 1. The molecule has 0 saturated carbocycles. The number of pyridine rings is 1. The highest BCUT2D eigenvalue weighted by atomic mass is 16.1. The van der Waals surface area contributed by atoms with Crippen LogP contribution in [0.3, 0.4) is 0 Å². The monoisotopic (exact) mass is 297 g/mol. The molecule has 0 spiro atoms. The molecule has 0 aliphatic carbocycles. The summed E-state index contributed by atoms with van der Waals surface area (Å²) in [7, 11) is 0. The van der Waals surface area contributed by atoms with Gasteiger partial charge >= 0.3 is 0 Å². The van der Waals surface area contributed by atoms with Crippen LogP contribution in [0, 0.1) is 0 Å². The van der Waals surface area contributed by atoms with Crippen molar-refractivity contribution in [2.75, 3.05) is 5.32 Å². The van der Waals surface area contributed by atoms with Gasteiger partial charge in [-0.1, -0.05) is 30.3 Å². The molecule has 0 bridgehead atoms. The average molecular weight is 297 g/mol. The summed E-state index contributed by atoms with van der Waals surface area (Å²) in [6.45, 7) is 7.95. The first kappa shape index (κ1) is 16.0. The van der Waals surface area contributed by atoms with E-state index in [0.29, 0.717) is 5.56 Å². The molecule has 2 rings (SSSR count). The van der Waals surface area contributed by atoms with E-state index in [1.54, 1.807) is 12.4 Å². The first-order valence-corrected chi connectivity index (χ1v) is 7.44. The Kier molecular flexibility index (Phi) is 4.81. The summed E-state index contributed by atoms with van der Waals surface area (Å²) in [6.07, 6.45) is 3.31. The average Bonchev–Trinajstić information content (AvgIpc) is 2.46. The maximum atomic E-state index is 12.2. The fourth-order valence-corrected chi connectivity index (χ4v) is 2.13. The number of hydrogen-bond donors (Lipinski definition) is 2. The van der Waals surface area contributed by atoms with Crippen molar-refractivity contribution in [2.24, 2.45) is 0 Å². The quantitative estimate of drug-likeness (QED) is 0.903. The van der Waals surface area contributed by atoms with Crippen LogP contribution in [0.15, 0.2) is 48.8 Å². The zero-order valence-corrected chi connectivity index (χ0v) is 13.6. The second-order valence-electron chi connectivity index (χ2n) is 6.44. The fraction of sp³-hybridized carbons (Fsp3) is 0.333. The van der Waals surface area contributed by atoms with Crippen molar-refractivity contribution in [3.05, 3.63) is 59.9 Å². The number of carbonyl (C=O) groups is 1. The van der Waals surface area contributed by atoms with Gasteiger partial charge in [-0.05, 0) is 39.3 Å². The molecule has 0 radical (unpaired) electrons. The lowest BCUT2D eigenvalue weighted by atomic mass is 10.1. The van der Waals surface area contributed by atoms with Gasteiger partial charge in [-0.2, -0.15) is 0 Å². The SMILES string of the molecule is CC(Nc1cncc(C(=O)NC(C)(C)C)c1)c1ccccc1. The van der Waals surface area contributed by atoms with Crippen molar-refractivity contribution < 1.29 is 4.79 Å². The Morgan fingerprint density at radius 2 is 1.82 bits per heavy atom. The first-order chi connectivity index (χ1) is 10.3. The van der Waals surface area contributed by atoms with Gasteiger partial charge in [-0.15, -0.1) is 0 Å². The van der Waals surface area contributed by atoms with Gasteiger partial charge in [0.05, 0.1) is 11.3 Å². The van der Waals surface area contributed by atoms with Crippen LogP contribution in [0.4, 0.5) is 5.69 Å². The smallest absolute Gasteiger partial charge is 0.253 e. The minimum absolute atomic E-state index is 0.115. The summed E-state index contributed by atoms with van der Waals surface area (Å²) in [5, 5.41) is 6.31. The number of benzene rings is 1. The van der Waals surface area contributed by atoms with E-state index < -0.39 is 0 Å². The predicted octanol–water partition coefficient (Wildman–Crippen LogP) is 3.78. The van der Waals surface area contributed by atoms with Crippen LogP contribution in [0.25, 0.3) is 0 Å². The van der Waals surface area contributed by atoms with E-state index in [2.05, 4.69) is 34.7 Å². The van der Waals surface area contributed by atoms with Crippen LogP contribution >= 0.6 is 0 Å². The molecule has 0 saturated heterocycles. The van der Waals surface area contributed by atoms with E-state index in [0.717, 1.165) is 5.69 Å². The fourth-order valence-electron chi connectivity index (χ4n) is 2.13. The van der Waals surface area contributed by atoms with Gasteiger partial charge in [0, 0.05) is 24.0 Å². The molecule has 1 atom stereocenters. The molecular formula is C18H23N3O. The van der Waals surface area contributed by atoms with Crippen LogP contribution in [-0.2, 0) is 0 Å². The summed E-state index contributed by atoms with van der Waals surface area (Å²) >= 11 is 0. The molecule has 22 heavy (non-hydrogen) atoms. The number of amides is 1. The lowest BCUT2D eigenvalue weighted by molar-refractivity contribution is 0.0919. The summed E-state index contributed by atoms with van der Waals surface area (Å²) < 4.78 is 0. The van der Waals surface area contributed by atoms with E-state index in [-0.39, 0.29) is 17.5 Å². The van der Waals surface area contributed by atoms with Gasteiger partial charge in [0.15, 0.2) is 0 Å². The summed E-state index contributed by atoms with van der Waals surface area (Å²) in [5.41, 5.74) is 2.31. The maximum Gasteiger partial charge on any atom is 0.253 e. The van der Waals surface area contributed by atoms with Crippen molar-refractivity contribution in [1.29, 1.82) is 0 Å². The number of rotatable bonds is 4. The van der Waals surface area contributed by atoms with Crippen LogP contribution in [-0.4, -0.2) is 16.4 Å². The predicted molar refractivity (Wildman–Crippen MR) is 89.9 cm³/mol. The number of anilines is 1. The number of nitrogens with one attached hydrogen (secondary N) is 2. The van der Waals surface area contributed by atoms with Crippen LogP contribution in [0.2, 0.25) is 0 Å². The minimum atomic E-state index is -0.266. The van der Waals surface area contributed by atoms with E-state index in [1.165, 1.54) is 5.56 Å². The molecule has 2 aromatic rings. The molecule has 1 heterocycles. The molecule has 1 unspecified atom stereocenters. The van der Waals surface area contributed by atoms with Crippen molar-refractivity contribution in [2.45, 2.75) is 39.3 Å². The second-order valence-corrected chi connectivity index (χ2v) is 6.44. The van der Waals surface area contributed by atoms with Gasteiger partial charge in [0.2, 0.25) is 0 Å². The molecule has 4 heteroatoms. The van der Waals surface area contributed by atoms with Gasteiger partial charge in [-0.3, -0.25) is 9.78 Å². The molecule has 1 amide bonds. The number of carbonyl (C=O) groups excluding carboxylic acids is 1. The van der Waals surface area contributed by atoms with Gasteiger partial charge < -0.3 is 10.6 Å². The molecule has 0 fully saturated rings. The van der Waals surface area contributed by atoms with Gasteiger partial charge in [0.1, 0.15) is 0 Å². The number of hydrogen-bond acceptors (Lipinski definition) is 3. The molecule has 2 N–H and O–H groups in total. The van der Waals surface area contributed by atoms with Crippen LogP contribution in [0.5, 0.6) is 0 Å². The molecule has 1 aromatic heterocycles. The Labute approximate surface area is 132 Å². The van der Waals surface area contributed by atoms with Gasteiger partial charge in [-0.25, -0.2) is 0 Å². The van der Waals surface area contributed by atoms with Crippen molar-refractivity contribution in [3.63, 3.8) is 0 Å². The third-order valence-electron chi connectivity index (χ3n) is 3.17. The summed E-state index contributed by atoms with van der Waals surface area (Å²) in [4.78, 5) is 16.3. The van der Waals surface area contributed by atoms with E-state index in [1.807, 2.05) is 45.0 Å². The molecule has 0 aliphatic heterocycles. The van der Waals surface area contributed by atoms with Gasteiger partial charge in [0.25, 0.3) is 5.91 Å². The lowest BCUT2D eigenvalue weighted by Crippen LogP contribution is -2.40. The molecule has 0 aliphatic rings. The second kappa shape index (κ2) is 6.60. The minimum Gasteiger partial charge on any atom is -0.377 e. The Bertz CT molecular complexity index is 632. The largest absolute Gasteiger partial charge is 0.377 e. The molecule has 116 valence electrons. The Morgan fingerprint density at radius 3 is 2.45 bits per heavy atom. The Morgan fingerprint density at radius 1 is 1.14 bits per heavy atom. The highest BCUT2D eigenvalue weighted by Crippen LogP contribution is 2.19.